The molecule has 0 unspecified atom stereocenters. The molecule has 0 rings (SSSR count). The summed E-state index contributed by atoms with van der Waals surface area (Å²) in [4.78, 5) is 0. The Kier molecular flexibility index (Phi) is 68.9. The predicted octanol–water partition coefficient (Wildman–Crippen LogP) is -3.00. The van der Waals surface area contributed by atoms with Crippen LogP contribution in [0.2, 0.25) is 0 Å². The molecule has 1 nitrogen and oxygen atoms in total. The van der Waals surface area contributed by atoms with Crippen molar-refractivity contribution in [3.05, 3.63) is 0 Å². The summed E-state index contributed by atoms with van der Waals surface area (Å²) in [6.07, 6.45) is 0. The second-order valence-corrected chi connectivity index (χ2v) is 0. The van der Waals surface area contributed by atoms with Crippen LogP contribution in [-0.2, 0) is 23.2 Å². The zero-order valence-electron chi connectivity index (χ0n) is 3.39. The normalized spacial score (nSPS) is 1.00. The Morgan fingerprint density at radius 2 is 1.50 bits per heavy atom. The topological polar surface area (TPSA) is 17.1 Å². The van der Waals surface area contributed by atoms with Gasteiger partial charge in [-0.25, -0.2) is 0 Å². The van der Waals surface area contributed by atoms with Gasteiger partial charge in [-0.3, -0.25) is 0 Å². The van der Waals surface area contributed by atoms with Gasteiger partial charge in [-0.2, -0.15) is 0 Å². The molecule has 0 atom stereocenters. The van der Waals surface area contributed by atoms with Crippen molar-refractivity contribution in [1.82, 2.24) is 0 Å². The monoisotopic (exact) mass is 277 g/mol. The van der Waals surface area contributed by atoms with E-state index in [1.165, 1.54) is 0 Å². The van der Waals surface area contributed by atoms with Gasteiger partial charge in [0.1, 0.15) is 0 Å². The van der Waals surface area contributed by atoms with Gasteiger partial charge in [-0.05, 0) is 0 Å². The van der Waals surface area contributed by atoms with E-state index in [4.69, 9.17) is 3.40 Å². The van der Waals surface area contributed by atoms with Crippen molar-refractivity contribution < 1.29 is 89.8 Å². The van der Waals surface area contributed by atoms with Crippen molar-refractivity contribution in [1.29, 1.82) is 0 Å². The van der Waals surface area contributed by atoms with E-state index in [9.17, 15) is 0 Å². The van der Waals surface area contributed by atoms with E-state index in [2.05, 4.69) is 0 Å². The van der Waals surface area contributed by atoms with Crippen molar-refractivity contribution in [3.8, 4) is 0 Å². The molecule has 0 aromatic heterocycles. The van der Waals surface area contributed by atoms with Crippen LogP contribution in [0.4, 0.5) is 0 Å². The molecule has 4 heteroatoms. The third-order valence-corrected chi connectivity index (χ3v) is 0. The fourth-order valence-corrected chi connectivity index (χ4v) is 0. The van der Waals surface area contributed by atoms with Gasteiger partial charge in [0.05, 0.1) is 0 Å². The van der Waals surface area contributed by atoms with Crippen LogP contribution in [0, 0.1) is 35.6 Å². The summed E-state index contributed by atoms with van der Waals surface area (Å²) in [7, 11) is 0. The van der Waals surface area contributed by atoms with Crippen LogP contribution in [0.15, 0.2) is 0 Å². The van der Waals surface area contributed by atoms with Gasteiger partial charge in [-0.15, -0.1) is 0 Å². The molecular weight excluding hydrogens is 274 g/mol. The number of rotatable bonds is 0. The van der Waals surface area contributed by atoms with Crippen LogP contribution >= 0.6 is 0 Å². The van der Waals surface area contributed by atoms with E-state index in [1.54, 1.807) is 0 Å². The Hall–Kier alpha value is 2.68. The van der Waals surface area contributed by atoms with Crippen molar-refractivity contribution >= 4 is 0 Å². The molecule has 0 spiro atoms. The minimum atomic E-state index is 0. The van der Waals surface area contributed by atoms with E-state index in [-0.39, 0.29) is 66.6 Å². The van der Waals surface area contributed by atoms with Gasteiger partial charge < -0.3 is 1.43 Å². The number of hydrogen-bond acceptors (Lipinski definition) is 1. The molecular formula is HLaMoNaO. The van der Waals surface area contributed by atoms with Crippen LogP contribution in [0.25, 0.3) is 0 Å². The summed E-state index contributed by atoms with van der Waals surface area (Å²) in [5, 5.41) is 0. The fourth-order valence-electron chi connectivity index (χ4n) is 0. The molecule has 0 aromatic rings. The third kappa shape index (κ3) is 8.82. The quantitative estimate of drug-likeness (QED) is 0.430. The summed E-state index contributed by atoms with van der Waals surface area (Å²) in [6, 6.07) is 0. The molecule has 0 N–H and O–H groups in total. The Bertz CT molecular complexity index is 11.6. The molecule has 0 fully saturated rings. The molecule has 1 radical (unpaired) electrons. The van der Waals surface area contributed by atoms with E-state index in [0.717, 1.165) is 0 Å². The maximum absolute atomic E-state index is 8.26. The molecule has 0 bridgehead atoms. The molecule has 0 aliphatic carbocycles. The second-order valence-electron chi connectivity index (χ2n) is 0. The Morgan fingerprint density at radius 3 is 1.50 bits per heavy atom. The fraction of sp³-hybridized carbons (Fsp3) is 0. The van der Waals surface area contributed by atoms with Crippen LogP contribution < -0.4 is 29.6 Å². The van der Waals surface area contributed by atoms with Crippen molar-refractivity contribution in [2.75, 3.05) is 0 Å². The zero-order chi connectivity index (χ0) is 2.00. The molecule has 0 heterocycles. The first-order valence-corrected chi connectivity index (χ1v) is 0.986. The predicted molar refractivity (Wildman–Crippen MR) is 1.80 cm³/mol. The number of hydrogen-bond donors (Lipinski definition) is 0. The summed E-state index contributed by atoms with van der Waals surface area (Å²) < 4.78 is 8.26. The van der Waals surface area contributed by atoms with Crippen LogP contribution in [-0.4, -0.2) is 0 Å². The summed E-state index contributed by atoms with van der Waals surface area (Å²) in [5.41, 5.74) is 0. The van der Waals surface area contributed by atoms with Crippen molar-refractivity contribution in [2.24, 2.45) is 0 Å². The van der Waals surface area contributed by atoms with E-state index in [1.807, 2.05) is 0 Å². The Labute approximate surface area is 87.9 Å². The maximum atomic E-state index is 8.26. The average molecular weight is 275 g/mol. The molecule has 0 aliphatic heterocycles. The first-order valence-electron chi connectivity index (χ1n) is 0.167. The molecule has 4 heavy (non-hydrogen) atoms. The van der Waals surface area contributed by atoms with E-state index >= 15 is 0 Å². The molecule has 0 saturated carbocycles. The van der Waals surface area contributed by atoms with E-state index in [0.29, 0.717) is 19.8 Å². The second kappa shape index (κ2) is 17.3. The first-order chi connectivity index (χ1) is 1.00. The van der Waals surface area contributed by atoms with Crippen LogP contribution in [0.5, 0.6) is 0 Å². The SMILES string of the molecule is [H-].[La].[Na+].[O]=[Mo]. The minimum absolute atomic E-state index is 0. The average Bonchev–Trinajstić information content (AvgIpc) is 1.00. The van der Waals surface area contributed by atoms with E-state index < -0.39 is 0 Å². The van der Waals surface area contributed by atoms with Gasteiger partial charge in [0.25, 0.3) is 0 Å². The van der Waals surface area contributed by atoms with Crippen LogP contribution in [0.3, 0.4) is 0 Å². The van der Waals surface area contributed by atoms with Gasteiger partial charge >= 0.3 is 52.7 Å². The summed E-state index contributed by atoms with van der Waals surface area (Å²) in [5.74, 6) is 0. The van der Waals surface area contributed by atoms with Gasteiger partial charge in [0.2, 0.25) is 0 Å². The summed E-state index contributed by atoms with van der Waals surface area (Å²) >= 11 is 0.700. The van der Waals surface area contributed by atoms with Gasteiger partial charge in [0.15, 0.2) is 0 Å². The van der Waals surface area contributed by atoms with Crippen molar-refractivity contribution in [3.63, 3.8) is 0 Å². The Balaban J connectivity index is -0.00000000167. The molecule has 0 aromatic carbocycles. The van der Waals surface area contributed by atoms with Gasteiger partial charge in [0, 0.05) is 35.6 Å². The van der Waals surface area contributed by atoms with Crippen LogP contribution in [0.1, 0.15) is 1.43 Å². The Morgan fingerprint density at radius 1 is 1.50 bits per heavy atom. The third-order valence-electron chi connectivity index (χ3n) is 0. The summed E-state index contributed by atoms with van der Waals surface area (Å²) in [6.45, 7) is 0. The first kappa shape index (κ1) is 15.9. The molecule has 0 amide bonds. The molecule has 17 valence electrons. The standard InChI is InChI=1S/La.Mo.Na.O.H/q;;+1;;-1. The zero-order valence-corrected chi connectivity index (χ0v) is 10.0. The van der Waals surface area contributed by atoms with Crippen molar-refractivity contribution in [2.45, 2.75) is 0 Å². The van der Waals surface area contributed by atoms with Gasteiger partial charge in [-0.1, -0.05) is 0 Å². The molecule has 0 aliphatic rings. The molecule has 0 saturated heterocycles.